The number of carbonyl (C=O) groups is 1. The quantitative estimate of drug-likeness (QED) is 0.722. The lowest BCUT2D eigenvalue weighted by Gasteiger charge is -2.21. The van der Waals surface area contributed by atoms with E-state index in [0.717, 1.165) is 4.90 Å². The van der Waals surface area contributed by atoms with Crippen molar-refractivity contribution < 1.29 is 9.90 Å². The molecule has 0 unspecified atom stereocenters. The standard InChI is InChI=1S/C14H12N4O2/c15-8-9-1-4-11(5-2-9)18(14(17)20)12-6-3-10(16)7-13(12)19/h1-7,19H,16H2,(H2,17,20). The van der Waals surface area contributed by atoms with Gasteiger partial charge in [0.1, 0.15) is 5.75 Å². The first kappa shape index (κ1) is 13.2. The predicted octanol–water partition coefficient (Wildman–Crippen LogP) is 2.06. The van der Waals surface area contributed by atoms with Gasteiger partial charge in [-0.05, 0) is 36.4 Å². The summed E-state index contributed by atoms with van der Waals surface area (Å²) in [5.74, 6) is -0.159. The maximum Gasteiger partial charge on any atom is 0.324 e. The van der Waals surface area contributed by atoms with Crippen molar-refractivity contribution in [3.63, 3.8) is 0 Å². The molecular weight excluding hydrogens is 256 g/mol. The van der Waals surface area contributed by atoms with Crippen LogP contribution in [0.25, 0.3) is 0 Å². The van der Waals surface area contributed by atoms with Crippen LogP contribution in [-0.2, 0) is 0 Å². The van der Waals surface area contributed by atoms with Crippen LogP contribution in [0, 0.1) is 11.3 Å². The Morgan fingerprint density at radius 3 is 2.35 bits per heavy atom. The van der Waals surface area contributed by atoms with Crippen LogP contribution < -0.4 is 16.4 Å². The number of phenolic OH excluding ortho intramolecular Hbond substituents is 1. The number of phenols is 1. The summed E-state index contributed by atoms with van der Waals surface area (Å²) in [4.78, 5) is 12.8. The number of benzene rings is 2. The van der Waals surface area contributed by atoms with Crippen molar-refractivity contribution in [3.8, 4) is 11.8 Å². The van der Waals surface area contributed by atoms with Crippen LogP contribution in [-0.4, -0.2) is 11.1 Å². The zero-order chi connectivity index (χ0) is 14.7. The van der Waals surface area contributed by atoms with Crippen molar-refractivity contribution >= 4 is 23.1 Å². The summed E-state index contributed by atoms with van der Waals surface area (Å²) in [6.07, 6.45) is 0. The highest BCUT2D eigenvalue weighted by Crippen LogP contribution is 2.34. The smallest absolute Gasteiger partial charge is 0.324 e. The molecule has 0 aliphatic rings. The third kappa shape index (κ3) is 2.47. The third-order valence-corrected chi connectivity index (χ3v) is 2.72. The molecule has 0 heterocycles. The van der Waals surface area contributed by atoms with Crippen molar-refractivity contribution in [2.45, 2.75) is 0 Å². The molecule has 0 saturated heterocycles. The maximum absolute atomic E-state index is 11.6. The zero-order valence-corrected chi connectivity index (χ0v) is 10.4. The first-order valence-electron chi connectivity index (χ1n) is 5.71. The van der Waals surface area contributed by atoms with E-state index in [1.807, 2.05) is 6.07 Å². The second kappa shape index (κ2) is 5.20. The molecule has 0 aliphatic heterocycles. The number of urea groups is 1. The van der Waals surface area contributed by atoms with E-state index in [9.17, 15) is 9.90 Å². The minimum atomic E-state index is -0.755. The van der Waals surface area contributed by atoms with Crippen molar-refractivity contribution in [1.29, 1.82) is 5.26 Å². The van der Waals surface area contributed by atoms with Gasteiger partial charge in [-0.25, -0.2) is 4.79 Å². The molecular formula is C14H12N4O2. The lowest BCUT2D eigenvalue weighted by atomic mass is 10.2. The predicted molar refractivity (Wildman–Crippen MR) is 75.4 cm³/mol. The molecule has 0 aromatic heterocycles. The summed E-state index contributed by atoms with van der Waals surface area (Å²) in [5, 5.41) is 18.6. The van der Waals surface area contributed by atoms with Gasteiger partial charge in [0.05, 0.1) is 23.0 Å². The van der Waals surface area contributed by atoms with Gasteiger partial charge in [-0.1, -0.05) is 0 Å². The zero-order valence-electron chi connectivity index (χ0n) is 10.4. The summed E-state index contributed by atoms with van der Waals surface area (Å²) < 4.78 is 0. The highest BCUT2D eigenvalue weighted by molar-refractivity contribution is 6.00. The number of anilines is 3. The number of aromatic hydroxyl groups is 1. The first-order chi connectivity index (χ1) is 9.52. The molecule has 5 N–H and O–H groups in total. The number of nitrogens with two attached hydrogens (primary N) is 2. The van der Waals surface area contributed by atoms with Crippen LogP contribution in [0.15, 0.2) is 42.5 Å². The van der Waals surface area contributed by atoms with Gasteiger partial charge in [-0.3, -0.25) is 4.90 Å². The number of carbonyl (C=O) groups excluding carboxylic acids is 1. The van der Waals surface area contributed by atoms with Crippen LogP contribution in [0.2, 0.25) is 0 Å². The van der Waals surface area contributed by atoms with E-state index in [1.54, 1.807) is 30.3 Å². The lowest BCUT2D eigenvalue weighted by molar-refractivity contribution is 0.256. The van der Waals surface area contributed by atoms with Gasteiger partial charge in [-0.2, -0.15) is 5.26 Å². The molecule has 2 aromatic rings. The van der Waals surface area contributed by atoms with Crippen molar-refractivity contribution in [2.75, 3.05) is 10.6 Å². The maximum atomic E-state index is 11.6. The van der Waals surface area contributed by atoms with Crippen LogP contribution in [0.1, 0.15) is 5.56 Å². The molecule has 6 heteroatoms. The van der Waals surface area contributed by atoms with Crippen molar-refractivity contribution in [1.82, 2.24) is 0 Å². The minimum Gasteiger partial charge on any atom is -0.506 e. The Labute approximate surface area is 115 Å². The minimum absolute atomic E-state index is 0.159. The van der Waals surface area contributed by atoms with E-state index in [4.69, 9.17) is 16.7 Å². The Morgan fingerprint density at radius 2 is 1.85 bits per heavy atom. The Hall–Kier alpha value is -3.20. The summed E-state index contributed by atoms with van der Waals surface area (Å²) in [7, 11) is 0. The molecule has 0 aliphatic carbocycles. The summed E-state index contributed by atoms with van der Waals surface area (Å²) in [6, 6.07) is 11.8. The summed E-state index contributed by atoms with van der Waals surface area (Å²) in [6.45, 7) is 0. The summed E-state index contributed by atoms with van der Waals surface area (Å²) >= 11 is 0. The van der Waals surface area contributed by atoms with Crippen molar-refractivity contribution in [3.05, 3.63) is 48.0 Å². The number of rotatable bonds is 2. The second-order valence-electron chi connectivity index (χ2n) is 4.08. The largest absolute Gasteiger partial charge is 0.506 e. The molecule has 0 radical (unpaired) electrons. The SMILES string of the molecule is N#Cc1ccc(N(C(N)=O)c2ccc(N)cc2O)cc1. The Kier molecular flexibility index (Phi) is 3.44. The normalized spacial score (nSPS) is 9.75. The Morgan fingerprint density at radius 1 is 1.20 bits per heavy atom. The number of hydrogen-bond acceptors (Lipinski definition) is 4. The Bertz CT molecular complexity index is 689. The highest BCUT2D eigenvalue weighted by atomic mass is 16.3. The molecule has 20 heavy (non-hydrogen) atoms. The van der Waals surface area contributed by atoms with Crippen LogP contribution in [0.3, 0.4) is 0 Å². The fourth-order valence-electron chi connectivity index (χ4n) is 1.80. The van der Waals surface area contributed by atoms with Crippen LogP contribution in [0.5, 0.6) is 5.75 Å². The average molecular weight is 268 g/mol. The lowest BCUT2D eigenvalue weighted by Crippen LogP contribution is -2.31. The number of nitrogen functional groups attached to an aromatic ring is 1. The monoisotopic (exact) mass is 268 g/mol. The van der Waals surface area contributed by atoms with E-state index < -0.39 is 6.03 Å². The van der Waals surface area contributed by atoms with E-state index in [1.165, 1.54) is 12.1 Å². The second-order valence-corrected chi connectivity index (χ2v) is 4.08. The van der Waals surface area contributed by atoms with E-state index >= 15 is 0 Å². The van der Waals surface area contributed by atoms with E-state index in [0.29, 0.717) is 16.9 Å². The fraction of sp³-hybridized carbons (Fsp3) is 0. The molecule has 0 fully saturated rings. The Balaban J connectivity index is 2.50. The van der Waals surface area contributed by atoms with Crippen molar-refractivity contribution in [2.24, 2.45) is 5.73 Å². The van der Waals surface area contributed by atoms with Gasteiger partial charge in [0.2, 0.25) is 0 Å². The van der Waals surface area contributed by atoms with Gasteiger partial charge in [0, 0.05) is 11.8 Å². The topological polar surface area (TPSA) is 116 Å². The third-order valence-electron chi connectivity index (χ3n) is 2.72. The highest BCUT2D eigenvalue weighted by Gasteiger charge is 2.18. The molecule has 2 amide bonds. The number of nitrogens with zero attached hydrogens (tertiary/aromatic N) is 2. The molecule has 0 atom stereocenters. The van der Waals surface area contributed by atoms with Gasteiger partial charge >= 0.3 is 6.03 Å². The van der Waals surface area contributed by atoms with Gasteiger partial charge < -0.3 is 16.6 Å². The number of hydrogen-bond donors (Lipinski definition) is 3. The van der Waals surface area contributed by atoms with Gasteiger partial charge in [0.15, 0.2) is 0 Å². The molecule has 2 rings (SSSR count). The molecule has 0 spiro atoms. The van der Waals surface area contributed by atoms with Crippen LogP contribution in [0.4, 0.5) is 21.9 Å². The molecule has 100 valence electrons. The number of primary amides is 1. The molecule has 2 aromatic carbocycles. The van der Waals surface area contributed by atoms with E-state index in [-0.39, 0.29) is 11.4 Å². The molecule has 0 bridgehead atoms. The first-order valence-corrected chi connectivity index (χ1v) is 5.71. The fourth-order valence-corrected chi connectivity index (χ4v) is 1.80. The van der Waals surface area contributed by atoms with E-state index in [2.05, 4.69) is 0 Å². The number of nitriles is 1. The van der Waals surface area contributed by atoms with Crippen LogP contribution >= 0.6 is 0 Å². The average Bonchev–Trinajstić information content (AvgIpc) is 2.42. The van der Waals surface area contributed by atoms with Gasteiger partial charge in [-0.15, -0.1) is 0 Å². The summed E-state index contributed by atoms with van der Waals surface area (Å²) in [5.41, 5.74) is 12.4. The molecule has 6 nitrogen and oxygen atoms in total. The molecule has 0 saturated carbocycles. The number of amides is 2. The van der Waals surface area contributed by atoms with Gasteiger partial charge in [0.25, 0.3) is 0 Å².